The van der Waals surface area contributed by atoms with Crippen molar-refractivity contribution in [1.82, 2.24) is 0 Å². The van der Waals surface area contributed by atoms with Crippen molar-refractivity contribution in [3.8, 4) is 0 Å². The zero-order valence-electron chi connectivity index (χ0n) is 12.3. The third kappa shape index (κ3) is 3.36. The molecule has 1 aromatic rings. The summed E-state index contributed by atoms with van der Waals surface area (Å²) in [7, 11) is -1.13. The fraction of sp³-hybridized carbons (Fsp3) is 0.562. The molecule has 110 valence electrons. The minimum atomic E-state index is -1.13. The standard InChI is InChI=1S/C16H22O3S/c1-11-4-5-12(2)15(10-11)16(17)13(3)20(18)14-6-8-19-9-7-14/h4-5,10,13-14H,6-9H2,1-3H3. The molecule has 0 aromatic heterocycles. The number of benzene rings is 1. The molecule has 1 heterocycles. The maximum Gasteiger partial charge on any atom is 0.178 e. The second-order valence-electron chi connectivity index (χ2n) is 5.47. The Morgan fingerprint density at radius 2 is 1.95 bits per heavy atom. The third-order valence-electron chi connectivity index (χ3n) is 3.87. The van der Waals surface area contributed by atoms with Crippen molar-refractivity contribution in [2.75, 3.05) is 13.2 Å². The molecular formula is C16H22O3S. The Kier molecular flexibility index (Phi) is 5.11. The lowest BCUT2D eigenvalue weighted by molar-refractivity contribution is 0.0965. The van der Waals surface area contributed by atoms with Crippen molar-refractivity contribution in [1.29, 1.82) is 0 Å². The Labute approximate surface area is 123 Å². The molecule has 4 heteroatoms. The number of carbonyl (C=O) groups excluding carboxylic acids is 1. The zero-order valence-corrected chi connectivity index (χ0v) is 13.2. The Hall–Kier alpha value is -1.00. The van der Waals surface area contributed by atoms with Crippen LogP contribution in [0.5, 0.6) is 0 Å². The van der Waals surface area contributed by atoms with Gasteiger partial charge in [0.2, 0.25) is 0 Å². The molecule has 2 unspecified atom stereocenters. The summed E-state index contributed by atoms with van der Waals surface area (Å²) in [5.74, 6) is -0.00368. The molecule has 2 atom stereocenters. The third-order valence-corrected chi connectivity index (χ3v) is 5.91. The van der Waals surface area contributed by atoms with Gasteiger partial charge in [-0.15, -0.1) is 0 Å². The highest BCUT2D eigenvalue weighted by Gasteiger charge is 2.29. The van der Waals surface area contributed by atoms with E-state index in [0.29, 0.717) is 18.8 Å². The van der Waals surface area contributed by atoms with Crippen molar-refractivity contribution in [3.05, 3.63) is 34.9 Å². The second-order valence-corrected chi connectivity index (χ2v) is 7.50. The SMILES string of the molecule is Cc1ccc(C)c(C(=O)C(C)S(=O)C2CCOCC2)c1. The van der Waals surface area contributed by atoms with Crippen LogP contribution in [-0.4, -0.2) is 33.7 Å². The van der Waals surface area contributed by atoms with E-state index in [9.17, 15) is 9.00 Å². The molecule has 20 heavy (non-hydrogen) atoms. The van der Waals surface area contributed by atoms with Gasteiger partial charge in [-0.05, 0) is 45.2 Å². The van der Waals surface area contributed by atoms with Gasteiger partial charge < -0.3 is 4.74 Å². The Morgan fingerprint density at radius 1 is 1.30 bits per heavy atom. The summed E-state index contributed by atoms with van der Waals surface area (Å²) < 4.78 is 17.8. The first-order valence-corrected chi connectivity index (χ1v) is 8.37. The average molecular weight is 294 g/mol. The number of Topliss-reactive ketones (excluding diaryl/α,β-unsaturated/α-hetero) is 1. The van der Waals surface area contributed by atoms with Crippen LogP contribution in [0.25, 0.3) is 0 Å². The summed E-state index contributed by atoms with van der Waals surface area (Å²) in [4.78, 5) is 12.6. The van der Waals surface area contributed by atoms with Crippen LogP contribution in [0.15, 0.2) is 18.2 Å². The molecule has 0 aliphatic carbocycles. The molecule has 0 bridgehead atoms. The van der Waals surface area contributed by atoms with Gasteiger partial charge in [-0.2, -0.15) is 0 Å². The van der Waals surface area contributed by atoms with Crippen LogP contribution in [0.3, 0.4) is 0 Å². The van der Waals surface area contributed by atoms with Crippen LogP contribution in [0.4, 0.5) is 0 Å². The summed E-state index contributed by atoms with van der Waals surface area (Å²) in [5.41, 5.74) is 2.72. The molecule has 1 saturated heterocycles. The largest absolute Gasteiger partial charge is 0.381 e. The molecule has 0 spiro atoms. The van der Waals surface area contributed by atoms with Gasteiger partial charge in [0.05, 0.1) is 5.25 Å². The predicted molar refractivity (Wildman–Crippen MR) is 81.7 cm³/mol. The van der Waals surface area contributed by atoms with Crippen molar-refractivity contribution >= 4 is 16.6 Å². The van der Waals surface area contributed by atoms with Crippen molar-refractivity contribution < 1.29 is 13.7 Å². The van der Waals surface area contributed by atoms with E-state index >= 15 is 0 Å². The van der Waals surface area contributed by atoms with E-state index in [1.807, 2.05) is 32.0 Å². The number of ether oxygens (including phenoxy) is 1. The van der Waals surface area contributed by atoms with E-state index < -0.39 is 16.0 Å². The smallest absolute Gasteiger partial charge is 0.178 e. The van der Waals surface area contributed by atoms with Gasteiger partial charge in [0.25, 0.3) is 0 Å². The number of carbonyl (C=O) groups is 1. The number of hydrogen-bond acceptors (Lipinski definition) is 3. The maximum absolute atomic E-state index is 12.6. The molecule has 1 aliphatic rings. The van der Waals surface area contributed by atoms with Gasteiger partial charge in [-0.1, -0.05) is 17.7 Å². The van der Waals surface area contributed by atoms with Crippen LogP contribution >= 0.6 is 0 Å². The summed E-state index contributed by atoms with van der Waals surface area (Å²) in [6.07, 6.45) is 1.58. The predicted octanol–water partition coefficient (Wildman–Crippen LogP) is 2.80. The maximum atomic E-state index is 12.6. The molecule has 1 fully saturated rings. The lowest BCUT2D eigenvalue weighted by atomic mass is 10.0. The molecule has 1 aliphatic heterocycles. The van der Waals surface area contributed by atoms with E-state index in [0.717, 1.165) is 24.0 Å². The molecule has 3 nitrogen and oxygen atoms in total. The Balaban J connectivity index is 2.15. The van der Waals surface area contributed by atoms with E-state index in [1.54, 1.807) is 6.92 Å². The van der Waals surface area contributed by atoms with Gasteiger partial charge in [0, 0.05) is 34.8 Å². The molecule has 0 N–H and O–H groups in total. The molecule has 1 aromatic carbocycles. The normalized spacial score (nSPS) is 19.6. The topological polar surface area (TPSA) is 43.4 Å². The summed E-state index contributed by atoms with van der Waals surface area (Å²) in [5, 5.41) is -0.355. The van der Waals surface area contributed by atoms with Crippen LogP contribution in [0, 0.1) is 13.8 Å². The van der Waals surface area contributed by atoms with Gasteiger partial charge in [0.15, 0.2) is 5.78 Å². The summed E-state index contributed by atoms with van der Waals surface area (Å²) >= 11 is 0. The van der Waals surface area contributed by atoms with Gasteiger partial charge in [-0.25, -0.2) is 0 Å². The monoisotopic (exact) mass is 294 g/mol. The first-order chi connectivity index (χ1) is 9.50. The average Bonchev–Trinajstić information content (AvgIpc) is 2.48. The molecular weight excluding hydrogens is 272 g/mol. The number of aryl methyl sites for hydroxylation is 2. The van der Waals surface area contributed by atoms with Crippen LogP contribution in [0.2, 0.25) is 0 Å². The van der Waals surface area contributed by atoms with E-state index in [1.165, 1.54) is 0 Å². The Bertz CT molecular complexity index is 518. The van der Waals surface area contributed by atoms with Crippen molar-refractivity contribution in [2.45, 2.75) is 44.1 Å². The van der Waals surface area contributed by atoms with Gasteiger partial charge in [0.1, 0.15) is 0 Å². The van der Waals surface area contributed by atoms with Gasteiger partial charge in [-0.3, -0.25) is 9.00 Å². The minimum absolute atomic E-state index is 0.00368. The fourth-order valence-corrected chi connectivity index (χ4v) is 4.10. The van der Waals surface area contributed by atoms with Crippen LogP contribution < -0.4 is 0 Å². The van der Waals surface area contributed by atoms with Crippen molar-refractivity contribution in [3.63, 3.8) is 0 Å². The Morgan fingerprint density at radius 3 is 2.60 bits per heavy atom. The lowest BCUT2D eigenvalue weighted by Gasteiger charge is -2.24. The highest BCUT2D eigenvalue weighted by molar-refractivity contribution is 7.87. The lowest BCUT2D eigenvalue weighted by Crippen LogP contribution is -2.34. The number of hydrogen-bond donors (Lipinski definition) is 0. The van der Waals surface area contributed by atoms with Crippen LogP contribution in [0.1, 0.15) is 41.3 Å². The molecule has 2 rings (SSSR count). The minimum Gasteiger partial charge on any atom is -0.381 e. The van der Waals surface area contributed by atoms with E-state index in [4.69, 9.17) is 4.74 Å². The zero-order chi connectivity index (χ0) is 14.7. The fourth-order valence-electron chi connectivity index (χ4n) is 2.52. The molecule has 0 saturated carbocycles. The summed E-state index contributed by atoms with van der Waals surface area (Å²) in [6, 6.07) is 5.84. The van der Waals surface area contributed by atoms with Crippen molar-refractivity contribution in [2.24, 2.45) is 0 Å². The van der Waals surface area contributed by atoms with Crippen LogP contribution in [-0.2, 0) is 15.5 Å². The number of rotatable bonds is 4. The first-order valence-electron chi connectivity index (χ1n) is 7.09. The highest BCUT2D eigenvalue weighted by atomic mass is 32.2. The number of ketones is 1. The first kappa shape index (κ1) is 15.4. The second kappa shape index (κ2) is 6.64. The van der Waals surface area contributed by atoms with E-state index in [2.05, 4.69) is 0 Å². The molecule has 0 radical (unpaired) electrons. The van der Waals surface area contributed by atoms with Gasteiger partial charge >= 0.3 is 0 Å². The summed E-state index contributed by atoms with van der Waals surface area (Å²) in [6.45, 7) is 6.99. The van der Waals surface area contributed by atoms with E-state index in [-0.39, 0.29) is 11.0 Å². The highest BCUT2D eigenvalue weighted by Crippen LogP contribution is 2.21. The molecule has 0 amide bonds. The quantitative estimate of drug-likeness (QED) is 0.802.